The smallest absolute Gasteiger partial charge is 0.337 e. The maximum Gasteiger partial charge on any atom is 0.337 e. The number of hydrogen-bond donors (Lipinski definition) is 3. The van der Waals surface area contributed by atoms with Crippen molar-refractivity contribution in [2.75, 3.05) is 17.6 Å². The molecule has 1 aromatic heterocycles. The van der Waals surface area contributed by atoms with Crippen molar-refractivity contribution in [1.29, 1.82) is 0 Å². The van der Waals surface area contributed by atoms with Gasteiger partial charge in [-0.05, 0) is 24.0 Å². The summed E-state index contributed by atoms with van der Waals surface area (Å²) in [6, 6.07) is 11.6. The molecule has 0 amide bonds. The van der Waals surface area contributed by atoms with E-state index < -0.39 is 5.97 Å². The van der Waals surface area contributed by atoms with Crippen LogP contribution < -0.4 is 11.1 Å². The van der Waals surface area contributed by atoms with E-state index in [-0.39, 0.29) is 11.3 Å². The van der Waals surface area contributed by atoms with E-state index in [2.05, 4.69) is 29.4 Å². The van der Waals surface area contributed by atoms with Gasteiger partial charge in [0.15, 0.2) is 0 Å². The number of carboxylic acids is 1. The largest absolute Gasteiger partial charge is 0.478 e. The summed E-state index contributed by atoms with van der Waals surface area (Å²) in [5.74, 6) is -0.214. The fraction of sp³-hybridized carbons (Fsp3) is 0.250. The number of aromatic carboxylic acids is 1. The third kappa shape index (κ3) is 3.72. The maximum absolute atomic E-state index is 11.0. The van der Waals surface area contributed by atoms with Crippen molar-refractivity contribution in [1.82, 2.24) is 4.98 Å². The Labute approximate surface area is 123 Å². The first-order valence-corrected chi connectivity index (χ1v) is 6.86. The SMILES string of the molecule is CC(CCNc1nccc(C(=O)O)c1N)c1ccccc1. The lowest BCUT2D eigenvalue weighted by Crippen LogP contribution is -2.11. The molecule has 2 aromatic rings. The van der Waals surface area contributed by atoms with Crippen molar-refractivity contribution in [3.05, 3.63) is 53.7 Å². The lowest BCUT2D eigenvalue weighted by atomic mass is 9.98. The molecular weight excluding hydrogens is 266 g/mol. The van der Waals surface area contributed by atoms with Gasteiger partial charge in [0, 0.05) is 12.7 Å². The molecule has 5 nitrogen and oxygen atoms in total. The monoisotopic (exact) mass is 285 g/mol. The average Bonchev–Trinajstić information content (AvgIpc) is 2.49. The van der Waals surface area contributed by atoms with Gasteiger partial charge < -0.3 is 16.2 Å². The molecule has 5 heteroatoms. The van der Waals surface area contributed by atoms with E-state index in [1.54, 1.807) is 0 Å². The van der Waals surface area contributed by atoms with Gasteiger partial charge in [-0.2, -0.15) is 0 Å². The minimum Gasteiger partial charge on any atom is -0.478 e. The van der Waals surface area contributed by atoms with Gasteiger partial charge in [0.05, 0.1) is 11.3 Å². The van der Waals surface area contributed by atoms with Crippen LogP contribution >= 0.6 is 0 Å². The van der Waals surface area contributed by atoms with Crippen molar-refractivity contribution < 1.29 is 9.90 Å². The van der Waals surface area contributed by atoms with Crippen LogP contribution in [-0.4, -0.2) is 22.6 Å². The Bertz CT molecular complexity index is 614. The summed E-state index contributed by atoms with van der Waals surface area (Å²) in [7, 11) is 0. The van der Waals surface area contributed by atoms with E-state index in [0.29, 0.717) is 18.3 Å². The van der Waals surface area contributed by atoms with Crippen LogP contribution in [0.3, 0.4) is 0 Å². The predicted molar refractivity (Wildman–Crippen MR) is 83.6 cm³/mol. The van der Waals surface area contributed by atoms with Gasteiger partial charge in [-0.3, -0.25) is 0 Å². The number of nitrogens with two attached hydrogens (primary N) is 1. The molecule has 0 aliphatic carbocycles. The zero-order valence-corrected chi connectivity index (χ0v) is 11.9. The van der Waals surface area contributed by atoms with Crippen LogP contribution in [-0.2, 0) is 0 Å². The predicted octanol–water partition coefficient (Wildman–Crippen LogP) is 2.97. The topological polar surface area (TPSA) is 88.2 Å². The highest BCUT2D eigenvalue weighted by molar-refractivity contribution is 5.96. The number of nitrogens with one attached hydrogen (secondary N) is 1. The number of anilines is 2. The summed E-state index contributed by atoms with van der Waals surface area (Å²) in [6.45, 7) is 2.83. The number of carbonyl (C=O) groups is 1. The minimum atomic E-state index is -1.05. The normalized spacial score (nSPS) is 11.9. The van der Waals surface area contributed by atoms with Crippen LogP contribution in [0.25, 0.3) is 0 Å². The number of pyridine rings is 1. The van der Waals surface area contributed by atoms with Gasteiger partial charge in [0.25, 0.3) is 0 Å². The number of rotatable bonds is 6. The van der Waals surface area contributed by atoms with Crippen LogP contribution in [0, 0.1) is 0 Å². The summed E-state index contributed by atoms with van der Waals surface area (Å²) in [4.78, 5) is 15.1. The summed E-state index contributed by atoms with van der Waals surface area (Å²) < 4.78 is 0. The first-order valence-electron chi connectivity index (χ1n) is 6.86. The highest BCUT2D eigenvalue weighted by Gasteiger charge is 2.12. The first-order chi connectivity index (χ1) is 10.1. The van der Waals surface area contributed by atoms with Gasteiger partial charge in [0.1, 0.15) is 5.82 Å². The van der Waals surface area contributed by atoms with Crippen LogP contribution in [0.5, 0.6) is 0 Å². The maximum atomic E-state index is 11.0. The molecule has 0 bridgehead atoms. The summed E-state index contributed by atoms with van der Waals surface area (Å²) >= 11 is 0. The molecular formula is C16H19N3O2. The van der Waals surface area contributed by atoms with Crippen LogP contribution in [0.4, 0.5) is 11.5 Å². The lowest BCUT2D eigenvalue weighted by Gasteiger charge is -2.14. The van der Waals surface area contributed by atoms with Gasteiger partial charge >= 0.3 is 5.97 Å². The molecule has 0 radical (unpaired) electrons. The molecule has 110 valence electrons. The number of carboxylic acid groups (broad SMARTS) is 1. The average molecular weight is 285 g/mol. The van der Waals surface area contributed by atoms with Crippen LogP contribution in [0.2, 0.25) is 0 Å². The third-order valence-electron chi connectivity index (χ3n) is 3.46. The molecule has 0 saturated carbocycles. The number of nitrogens with zero attached hydrogens (tertiary/aromatic N) is 1. The molecule has 2 rings (SSSR count). The minimum absolute atomic E-state index is 0.0728. The Hall–Kier alpha value is -2.56. The highest BCUT2D eigenvalue weighted by atomic mass is 16.4. The van der Waals surface area contributed by atoms with E-state index in [1.807, 2.05) is 18.2 Å². The molecule has 1 unspecified atom stereocenters. The van der Waals surface area contributed by atoms with Crippen LogP contribution in [0.15, 0.2) is 42.6 Å². The second-order valence-corrected chi connectivity index (χ2v) is 4.95. The van der Waals surface area contributed by atoms with Gasteiger partial charge in [0.2, 0.25) is 0 Å². The molecule has 1 heterocycles. The first kappa shape index (κ1) is 14.8. The zero-order valence-electron chi connectivity index (χ0n) is 11.9. The molecule has 0 aliphatic heterocycles. The molecule has 0 fully saturated rings. The highest BCUT2D eigenvalue weighted by Crippen LogP contribution is 2.22. The zero-order chi connectivity index (χ0) is 15.2. The van der Waals surface area contributed by atoms with E-state index in [9.17, 15) is 4.79 Å². The molecule has 1 aromatic carbocycles. The fourth-order valence-electron chi connectivity index (χ4n) is 2.16. The van der Waals surface area contributed by atoms with E-state index in [4.69, 9.17) is 10.8 Å². The fourth-order valence-corrected chi connectivity index (χ4v) is 2.16. The summed E-state index contributed by atoms with van der Waals surface area (Å²) in [6.07, 6.45) is 2.35. The van der Waals surface area contributed by atoms with Crippen molar-refractivity contribution in [2.45, 2.75) is 19.3 Å². The Balaban J connectivity index is 1.95. The van der Waals surface area contributed by atoms with Gasteiger partial charge in [-0.1, -0.05) is 37.3 Å². The Morgan fingerprint density at radius 1 is 1.33 bits per heavy atom. The standard InChI is InChI=1S/C16H19N3O2/c1-11(12-5-3-2-4-6-12)7-9-18-15-14(17)13(16(20)21)8-10-19-15/h2-6,8,10-11H,7,9,17H2,1H3,(H,18,19)(H,20,21). The second kappa shape index (κ2) is 6.74. The summed E-state index contributed by atoms with van der Waals surface area (Å²) in [5.41, 5.74) is 7.33. The molecule has 4 N–H and O–H groups in total. The van der Waals surface area contributed by atoms with Crippen molar-refractivity contribution in [3.8, 4) is 0 Å². The molecule has 21 heavy (non-hydrogen) atoms. The Morgan fingerprint density at radius 2 is 2.05 bits per heavy atom. The van der Waals surface area contributed by atoms with Crippen molar-refractivity contribution in [2.24, 2.45) is 0 Å². The van der Waals surface area contributed by atoms with Crippen molar-refractivity contribution >= 4 is 17.5 Å². The van der Waals surface area contributed by atoms with E-state index in [1.165, 1.54) is 17.8 Å². The van der Waals surface area contributed by atoms with Gasteiger partial charge in [-0.15, -0.1) is 0 Å². The quantitative estimate of drug-likeness (QED) is 0.759. The van der Waals surface area contributed by atoms with Crippen LogP contribution in [0.1, 0.15) is 35.2 Å². The van der Waals surface area contributed by atoms with E-state index in [0.717, 1.165) is 6.42 Å². The number of hydrogen-bond acceptors (Lipinski definition) is 4. The molecule has 0 aliphatic rings. The second-order valence-electron chi connectivity index (χ2n) is 4.95. The molecule has 0 saturated heterocycles. The molecule has 1 atom stereocenters. The number of benzene rings is 1. The summed E-state index contributed by atoms with van der Waals surface area (Å²) in [5, 5.41) is 12.1. The lowest BCUT2D eigenvalue weighted by molar-refractivity contribution is 0.0698. The Kier molecular flexibility index (Phi) is 4.77. The molecule has 0 spiro atoms. The number of aromatic nitrogens is 1. The van der Waals surface area contributed by atoms with Crippen molar-refractivity contribution in [3.63, 3.8) is 0 Å². The third-order valence-corrected chi connectivity index (χ3v) is 3.46. The van der Waals surface area contributed by atoms with Gasteiger partial charge in [-0.25, -0.2) is 9.78 Å². The Morgan fingerprint density at radius 3 is 2.71 bits per heavy atom. The van der Waals surface area contributed by atoms with E-state index >= 15 is 0 Å². The number of nitrogen functional groups attached to an aromatic ring is 1.